The van der Waals surface area contributed by atoms with Crippen LogP contribution in [0.4, 0.5) is 0 Å². The van der Waals surface area contributed by atoms with E-state index in [2.05, 4.69) is 33.7 Å². The number of halogens is 1. The Kier molecular flexibility index (Phi) is 7.35. The van der Waals surface area contributed by atoms with Crippen molar-refractivity contribution in [3.8, 4) is 0 Å². The largest absolute Gasteiger partial charge is 0.356 e. The van der Waals surface area contributed by atoms with E-state index in [1.807, 2.05) is 28.8 Å². The van der Waals surface area contributed by atoms with E-state index in [0.717, 1.165) is 43.2 Å². The van der Waals surface area contributed by atoms with Crippen LogP contribution in [0.3, 0.4) is 0 Å². The third kappa shape index (κ3) is 4.66. The Morgan fingerprint density at radius 1 is 1.30 bits per heavy atom. The average Bonchev–Trinajstić information content (AvgIpc) is 2.85. The van der Waals surface area contributed by atoms with Crippen molar-refractivity contribution >= 4 is 35.6 Å². The topological polar surface area (TPSA) is 53.7 Å². The summed E-state index contributed by atoms with van der Waals surface area (Å²) in [5.74, 6) is 0.852. The number of rotatable bonds is 5. The van der Waals surface area contributed by atoms with E-state index < -0.39 is 0 Å². The summed E-state index contributed by atoms with van der Waals surface area (Å²) in [7, 11) is 1.79. The highest BCUT2D eigenvalue weighted by Gasteiger charge is 2.01. The normalized spacial score (nSPS) is 11.2. The molecule has 20 heavy (non-hydrogen) atoms. The number of aromatic nitrogens is 2. The maximum Gasteiger partial charge on any atom is 0.190 e. The number of hydrogen-bond donors (Lipinski definition) is 2. The van der Waals surface area contributed by atoms with E-state index in [-0.39, 0.29) is 24.0 Å². The number of fused-ring (bicyclic) bond motifs is 1. The van der Waals surface area contributed by atoms with Gasteiger partial charge >= 0.3 is 0 Å². The lowest BCUT2D eigenvalue weighted by Gasteiger charge is -2.09. The molecule has 0 aliphatic heterocycles. The van der Waals surface area contributed by atoms with E-state index in [1.165, 1.54) is 0 Å². The molecule has 2 aromatic rings. The molecule has 0 fully saturated rings. The number of hydrogen-bond acceptors (Lipinski definition) is 2. The van der Waals surface area contributed by atoms with Crippen molar-refractivity contribution in [2.75, 3.05) is 20.1 Å². The maximum atomic E-state index is 4.56. The molecule has 2 rings (SSSR count). The van der Waals surface area contributed by atoms with E-state index in [9.17, 15) is 0 Å². The van der Waals surface area contributed by atoms with Crippen molar-refractivity contribution in [1.82, 2.24) is 20.0 Å². The molecule has 0 atom stereocenters. The molecule has 6 heteroatoms. The van der Waals surface area contributed by atoms with Gasteiger partial charge in [0.2, 0.25) is 0 Å². The number of nitrogens with one attached hydrogen (secondary N) is 2. The Morgan fingerprint density at radius 3 is 2.80 bits per heavy atom. The van der Waals surface area contributed by atoms with Gasteiger partial charge in [0.1, 0.15) is 5.65 Å². The summed E-state index contributed by atoms with van der Waals surface area (Å²) in [4.78, 5) is 8.73. The first-order chi connectivity index (χ1) is 9.33. The summed E-state index contributed by atoms with van der Waals surface area (Å²) < 4.78 is 2.04. The van der Waals surface area contributed by atoms with Crippen molar-refractivity contribution in [2.45, 2.75) is 19.8 Å². The van der Waals surface area contributed by atoms with Crippen LogP contribution in [0.1, 0.15) is 19.0 Å². The average molecular weight is 387 g/mol. The molecule has 0 spiro atoms. The zero-order valence-electron chi connectivity index (χ0n) is 12.0. The van der Waals surface area contributed by atoms with Crippen molar-refractivity contribution in [3.05, 3.63) is 36.3 Å². The fraction of sp³-hybridized carbons (Fsp3) is 0.429. The summed E-state index contributed by atoms with van der Waals surface area (Å²) in [6, 6.07) is 6.02. The van der Waals surface area contributed by atoms with E-state index in [4.69, 9.17) is 0 Å². The monoisotopic (exact) mass is 387 g/mol. The molecule has 0 saturated carbocycles. The Hall–Kier alpha value is -1.31. The SMILES string of the molecule is CCCNC(=NC)NCCc1cn2ccccc2n1.I. The molecule has 110 valence electrons. The highest BCUT2D eigenvalue weighted by molar-refractivity contribution is 14.0. The standard InChI is InChI=1S/C14H21N5.HI/c1-3-8-16-14(15-2)17-9-7-12-11-19-10-5-4-6-13(19)18-12;/h4-6,10-11H,3,7-9H2,1-2H3,(H2,15,16,17);1H. The highest BCUT2D eigenvalue weighted by atomic mass is 127. The summed E-state index contributed by atoms with van der Waals surface area (Å²) >= 11 is 0. The molecule has 2 N–H and O–H groups in total. The number of aliphatic imine (C=N–C) groups is 1. The van der Waals surface area contributed by atoms with Gasteiger partial charge in [0.05, 0.1) is 5.69 Å². The Bertz CT molecular complexity index is 516. The molecule has 0 radical (unpaired) electrons. The van der Waals surface area contributed by atoms with Crippen molar-refractivity contribution in [3.63, 3.8) is 0 Å². The summed E-state index contributed by atoms with van der Waals surface area (Å²) in [5, 5.41) is 6.53. The third-order valence-electron chi connectivity index (χ3n) is 2.85. The molecule has 0 aliphatic rings. The van der Waals surface area contributed by atoms with Crippen molar-refractivity contribution in [1.29, 1.82) is 0 Å². The lowest BCUT2D eigenvalue weighted by Crippen LogP contribution is -2.38. The van der Waals surface area contributed by atoms with Crippen LogP contribution in [0, 0.1) is 0 Å². The molecule has 0 bridgehead atoms. The van der Waals surface area contributed by atoms with Gasteiger partial charge in [-0.3, -0.25) is 4.99 Å². The molecular weight excluding hydrogens is 365 g/mol. The first-order valence-electron chi connectivity index (χ1n) is 6.70. The summed E-state index contributed by atoms with van der Waals surface area (Å²) in [5.41, 5.74) is 2.08. The van der Waals surface area contributed by atoms with Gasteiger partial charge in [-0.05, 0) is 18.6 Å². The molecule has 2 heterocycles. The van der Waals surface area contributed by atoms with Crippen LogP contribution in [0.25, 0.3) is 5.65 Å². The van der Waals surface area contributed by atoms with Gasteiger partial charge in [-0.15, -0.1) is 24.0 Å². The van der Waals surface area contributed by atoms with Crippen molar-refractivity contribution in [2.24, 2.45) is 4.99 Å². The highest BCUT2D eigenvalue weighted by Crippen LogP contribution is 2.04. The molecule has 0 saturated heterocycles. The maximum absolute atomic E-state index is 4.56. The van der Waals surface area contributed by atoms with Gasteiger partial charge in [-0.25, -0.2) is 4.98 Å². The minimum Gasteiger partial charge on any atom is -0.356 e. The van der Waals surface area contributed by atoms with E-state index in [0.29, 0.717) is 0 Å². The molecule has 0 unspecified atom stereocenters. The van der Waals surface area contributed by atoms with Crippen LogP contribution in [-0.4, -0.2) is 35.5 Å². The number of nitrogens with zero attached hydrogens (tertiary/aromatic N) is 3. The Labute approximate surface area is 136 Å². The van der Waals surface area contributed by atoms with Gasteiger partial charge in [-0.1, -0.05) is 13.0 Å². The van der Waals surface area contributed by atoms with Crippen molar-refractivity contribution < 1.29 is 0 Å². The predicted molar refractivity (Wildman–Crippen MR) is 94.0 cm³/mol. The van der Waals surface area contributed by atoms with Crippen LogP contribution in [0.5, 0.6) is 0 Å². The Morgan fingerprint density at radius 2 is 2.10 bits per heavy atom. The summed E-state index contributed by atoms with van der Waals surface area (Å²) in [6.45, 7) is 3.90. The molecule has 0 aliphatic carbocycles. The van der Waals surface area contributed by atoms with E-state index >= 15 is 0 Å². The van der Waals surface area contributed by atoms with E-state index in [1.54, 1.807) is 7.05 Å². The Balaban J connectivity index is 0.00000200. The quantitative estimate of drug-likeness (QED) is 0.469. The molecule has 0 aromatic carbocycles. The number of pyridine rings is 1. The predicted octanol–water partition coefficient (Wildman–Crippen LogP) is 2.07. The lowest BCUT2D eigenvalue weighted by molar-refractivity contribution is 0.769. The second-order valence-electron chi connectivity index (χ2n) is 4.37. The van der Waals surface area contributed by atoms with Crippen LogP contribution in [0.2, 0.25) is 0 Å². The van der Waals surface area contributed by atoms with Gasteiger partial charge < -0.3 is 15.0 Å². The fourth-order valence-electron chi connectivity index (χ4n) is 1.88. The lowest BCUT2D eigenvalue weighted by atomic mass is 10.3. The van der Waals surface area contributed by atoms with Crippen LogP contribution in [-0.2, 0) is 6.42 Å². The zero-order chi connectivity index (χ0) is 13.5. The first kappa shape index (κ1) is 16.7. The van der Waals surface area contributed by atoms with Crippen LogP contribution < -0.4 is 10.6 Å². The third-order valence-corrected chi connectivity index (χ3v) is 2.85. The number of imidazole rings is 1. The van der Waals surface area contributed by atoms with Gasteiger partial charge in [0.15, 0.2) is 5.96 Å². The summed E-state index contributed by atoms with van der Waals surface area (Å²) in [6.07, 6.45) is 6.06. The molecule has 2 aromatic heterocycles. The number of guanidine groups is 1. The minimum absolute atomic E-state index is 0. The first-order valence-corrected chi connectivity index (χ1v) is 6.70. The minimum atomic E-state index is 0. The smallest absolute Gasteiger partial charge is 0.190 e. The zero-order valence-corrected chi connectivity index (χ0v) is 14.3. The van der Waals surface area contributed by atoms with Gasteiger partial charge in [0, 0.05) is 39.0 Å². The molecule has 5 nitrogen and oxygen atoms in total. The van der Waals surface area contributed by atoms with Gasteiger partial charge in [0.25, 0.3) is 0 Å². The van der Waals surface area contributed by atoms with Gasteiger partial charge in [-0.2, -0.15) is 0 Å². The second kappa shape index (κ2) is 8.78. The molecular formula is C14H22IN5. The van der Waals surface area contributed by atoms with Crippen LogP contribution in [0.15, 0.2) is 35.6 Å². The molecule has 0 amide bonds. The second-order valence-corrected chi connectivity index (χ2v) is 4.37. The fourth-order valence-corrected chi connectivity index (χ4v) is 1.88. The van der Waals surface area contributed by atoms with Crippen LogP contribution >= 0.6 is 24.0 Å².